The van der Waals surface area contributed by atoms with Crippen LogP contribution in [0.25, 0.3) is 139 Å². The van der Waals surface area contributed by atoms with E-state index in [0.717, 1.165) is 56.3 Å². The fourth-order valence-corrected chi connectivity index (χ4v) is 12.1. The van der Waals surface area contributed by atoms with Crippen LogP contribution in [0, 0.1) is 20.8 Å². The third-order valence-electron chi connectivity index (χ3n) is 15.9. The molecule has 0 atom stereocenters. The van der Waals surface area contributed by atoms with E-state index in [2.05, 4.69) is 265 Å². The lowest BCUT2D eigenvalue weighted by atomic mass is 9.97. The number of benzene rings is 11. The van der Waals surface area contributed by atoms with Crippen LogP contribution in [-0.2, 0) is 0 Å². The molecule has 0 unspecified atom stereocenters. The molecule has 0 saturated heterocycles. The van der Waals surface area contributed by atoms with E-state index in [-0.39, 0.29) is 0 Å². The van der Waals surface area contributed by atoms with Crippen molar-refractivity contribution in [2.45, 2.75) is 20.8 Å². The Morgan fingerprint density at radius 3 is 1.15 bits per heavy atom. The molecule has 0 fully saturated rings. The van der Waals surface area contributed by atoms with Crippen molar-refractivity contribution in [3.8, 4) is 73.2 Å². The minimum Gasteiger partial charge on any atom is -0.309 e. The first-order chi connectivity index (χ1) is 38.4. The number of nitrogens with zero attached hydrogens (tertiary/aromatic N) is 5. The molecule has 0 amide bonds. The Kier molecular flexibility index (Phi) is 10.5. The van der Waals surface area contributed by atoms with Gasteiger partial charge in [0.15, 0.2) is 5.82 Å². The highest BCUT2D eigenvalue weighted by molar-refractivity contribution is 6.14. The Hall–Kier alpha value is -10.1. The average molecular weight is 998 g/mol. The first kappa shape index (κ1) is 45.3. The highest BCUT2D eigenvalue weighted by Crippen LogP contribution is 2.41. The first-order valence-electron chi connectivity index (χ1n) is 26.8. The third kappa shape index (κ3) is 7.46. The molecule has 11 aromatic carbocycles. The van der Waals surface area contributed by atoms with Crippen LogP contribution in [0.15, 0.2) is 255 Å². The highest BCUT2D eigenvalue weighted by atomic mass is 15.0. The third-order valence-corrected chi connectivity index (χ3v) is 15.9. The number of fused-ring (bicyclic) bond motifs is 9. The summed E-state index contributed by atoms with van der Waals surface area (Å²) in [5.41, 5.74) is 23.9. The molecule has 15 aromatic rings. The lowest BCUT2D eigenvalue weighted by molar-refractivity contribution is 1.14. The smallest absolute Gasteiger partial charge is 0.160 e. The van der Waals surface area contributed by atoms with Crippen LogP contribution in [0.3, 0.4) is 0 Å². The molecular weight excluding hydrogens is 947 g/mol. The number of para-hydroxylation sites is 2. The highest BCUT2D eigenvalue weighted by Gasteiger charge is 2.21. The van der Waals surface area contributed by atoms with Gasteiger partial charge in [-0.05, 0) is 140 Å². The monoisotopic (exact) mass is 997 g/mol. The predicted molar refractivity (Wildman–Crippen MR) is 326 cm³/mol. The molecule has 4 aromatic heterocycles. The predicted octanol–water partition coefficient (Wildman–Crippen LogP) is 19.0. The SMILES string of the molecule is Cc1ccc2c(c1)c1cc(C)ccc1n2-c1ccc2c(c1)c1cc(-n3c4ccccc4c4ccccc43)ccc1n2-c1ccc(-c2ccc(-c3ccc(-c4cc(-c5ccccc5)nc(-c5ccccc5)n4)cc3)cc2)cc1C. The molecule has 5 heteroatoms. The molecule has 0 spiro atoms. The second-order valence-electron chi connectivity index (χ2n) is 20.8. The largest absolute Gasteiger partial charge is 0.309 e. The summed E-state index contributed by atoms with van der Waals surface area (Å²) in [6.07, 6.45) is 0. The van der Waals surface area contributed by atoms with E-state index in [4.69, 9.17) is 9.97 Å². The Labute approximate surface area is 452 Å². The van der Waals surface area contributed by atoms with Crippen molar-refractivity contribution >= 4 is 65.4 Å². The second kappa shape index (κ2) is 18.0. The molecule has 0 saturated carbocycles. The Morgan fingerprint density at radius 1 is 0.256 bits per heavy atom. The van der Waals surface area contributed by atoms with Crippen molar-refractivity contribution in [3.63, 3.8) is 0 Å². The standard InChI is InChI=1S/C73H51N5/c1-46-22-35-69-60(40-46)61-41-47(2)23-36-70(61)77(69)57-34-39-72-63(44-57)62-43-56(76-67-20-12-10-18-58(67)59-19-11-13-21-68(59)76)33-38-71(62)78(72)66-37-32-55(42-48(66)3)51-26-24-49(25-27-51)50-28-30-53(31-29-50)65-45-64(52-14-6-4-7-15-52)74-73(75-65)54-16-8-5-9-17-54/h4-45H,1-3H3. The van der Waals surface area contributed by atoms with Gasteiger partial charge < -0.3 is 13.7 Å². The van der Waals surface area contributed by atoms with Crippen LogP contribution in [0.2, 0.25) is 0 Å². The van der Waals surface area contributed by atoms with Crippen LogP contribution in [0.1, 0.15) is 16.7 Å². The van der Waals surface area contributed by atoms with Crippen molar-refractivity contribution in [3.05, 3.63) is 271 Å². The van der Waals surface area contributed by atoms with Crippen LogP contribution < -0.4 is 0 Å². The van der Waals surface area contributed by atoms with E-state index in [1.807, 2.05) is 24.3 Å². The molecule has 15 rings (SSSR count). The normalized spacial score (nSPS) is 11.8. The lowest BCUT2D eigenvalue weighted by Crippen LogP contribution is -1.99. The maximum absolute atomic E-state index is 5.06. The summed E-state index contributed by atoms with van der Waals surface area (Å²) in [7, 11) is 0. The second-order valence-corrected chi connectivity index (χ2v) is 20.8. The van der Waals surface area contributed by atoms with E-state index >= 15 is 0 Å². The molecule has 78 heavy (non-hydrogen) atoms. The summed E-state index contributed by atoms with van der Waals surface area (Å²) in [5, 5.41) is 7.47. The number of aromatic nitrogens is 5. The van der Waals surface area contributed by atoms with Crippen LogP contribution in [-0.4, -0.2) is 23.7 Å². The summed E-state index contributed by atoms with van der Waals surface area (Å²) >= 11 is 0. The minimum atomic E-state index is 0.713. The number of hydrogen-bond donors (Lipinski definition) is 0. The molecule has 0 radical (unpaired) electrons. The van der Waals surface area contributed by atoms with Gasteiger partial charge in [-0.25, -0.2) is 9.97 Å². The van der Waals surface area contributed by atoms with E-state index in [1.165, 1.54) is 93.2 Å². The quantitative estimate of drug-likeness (QED) is 0.152. The van der Waals surface area contributed by atoms with Crippen LogP contribution in [0.5, 0.6) is 0 Å². The fraction of sp³-hybridized carbons (Fsp3) is 0.0411. The Morgan fingerprint density at radius 2 is 0.641 bits per heavy atom. The molecule has 0 aliphatic heterocycles. The van der Waals surface area contributed by atoms with Gasteiger partial charge in [0.25, 0.3) is 0 Å². The molecular formula is C73H51N5. The van der Waals surface area contributed by atoms with Gasteiger partial charge in [-0.1, -0.05) is 175 Å². The molecule has 0 bridgehead atoms. The zero-order valence-electron chi connectivity index (χ0n) is 43.5. The lowest BCUT2D eigenvalue weighted by Gasteiger charge is -2.14. The molecule has 368 valence electrons. The summed E-state index contributed by atoms with van der Waals surface area (Å²) in [5.74, 6) is 0.713. The van der Waals surface area contributed by atoms with Gasteiger partial charge >= 0.3 is 0 Å². The molecule has 0 N–H and O–H groups in total. The number of aryl methyl sites for hydroxylation is 3. The summed E-state index contributed by atoms with van der Waals surface area (Å²) < 4.78 is 7.35. The topological polar surface area (TPSA) is 40.6 Å². The van der Waals surface area contributed by atoms with Crippen molar-refractivity contribution in [1.82, 2.24) is 23.7 Å². The van der Waals surface area contributed by atoms with Gasteiger partial charge in [-0.2, -0.15) is 0 Å². The van der Waals surface area contributed by atoms with Crippen molar-refractivity contribution in [2.24, 2.45) is 0 Å². The van der Waals surface area contributed by atoms with Gasteiger partial charge in [-0.15, -0.1) is 0 Å². The van der Waals surface area contributed by atoms with E-state index in [9.17, 15) is 0 Å². The van der Waals surface area contributed by atoms with E-state index < -0.39 is 0 Å². The molecule has 4 heterocycles. The van der Waals surface area contributed by atoms with Crippen LogP contribution >= 0.6 is 0 Å². The van der Waals surface area contributed by atoms with Gasteiger partial charge in [0.05, 0.1) is 44.5 Å². The summed E-state index contributed by atoms with van der Waals surface area (Å²) in [6, 6.07) is 92.6. The molecule has 0 aliphatic rings. The van der Waals surface area contributed by atoms with E-state index in [1.54, 1.807) is 0 Å². The van der Waals surface area contributed by atoms with Crippen molar-refractivity contribution in [1.29, 1.82) is 0 Å². The zero-order chi connectivity index (χ0) is 52.0. The number of rotatable bonds is 8. The first-order valence-corrected chi connectivity index (χ1v) is 26.8. The maximum atomic E-state index is 5.06. The van der Waals surface area contributed by atoms with Gasteiger partial charge in [-0.3, -0.25) is 0 Å². The summed E-state index contributed by atoms with van der Waals surface area (Å²) in [6.45, 7) is 6.62. The fourth-order valence-electron chi connectivity index (χ4n) is 12.1. The average Bonchev–Trinajstić information content (AvgIpc) is 4.24. The Balaban J connectivity index is 0.808. The van der Waals surface area contributed by atoms with Crippen molar-refractivity contribution in [2.75, 3.05) is 0 Å². The van der Waals surface area contributed by atoms with Crippen molar-refractivity contribution < 1.29 is 0 Å². The minimum absolute atomic E-state index is 0.713. The number of hydrogen-bond acceptors (Lipinski definition) is 2. The Bertz CT molecular complexity index is 4680. The molecule has 0 aliphatic carbocycles. The summed E-state index contributed by atoms with van der Waals surface area (Å²) in [4.78, 5) is 10.0. The van der Waals surface area contributed by atoms with E-state index in [0.29, 0.717) is 5.82 Å². The molecule has 5 nitrogen and oxygen atoms in total. The van der Waals surface area contributed by atoms with Gasteiger partial charge in [0.1, 0.15) is 0 Å². The van der Waals surface area contributed by atoms with Gasteiger partial charge in [0, 0.05) is 66.1 Å². The zero-order valence-corrected chi connectivity index (χ0v) is 43.5. The maximum Gasteiger partial charge on any atom is 0.160 e. The van der Waals surface area contributed by atoms with Crippen LogP contribution in [0.4, 0.5) is 0 Å². The van der Waals surface area contributed by atoms with Gasteiger partial charge in [0.2, 0.25) is 0 Å².